The molecule has 0 aliphatic carbocycles. The first-order valence-electron chi connectivity index (χ1n) is 9.70. The summed E-state index contributed by atoms with van der Waals surface area (Å²) in [6.45, 7) is 2.67. The molecule has 2 aromatic carbocycles. The lowest BCUT2D eigenvalue weighted by Crippen LogP contribution is -2.34. The van der Waals surface area contributed by atoms with Gasteiger partial charge in [-0.05, 0) is 43.0 Å². The third-order valence-corrected chi connectivity index (χ3v) is 4.94. The molecule has 1 N–H and O–H groups in total. The van der Waals surface area contributed by atoms with E-state index in [1.807, 2.05) is 4.90 Å². The lowest BCUT2D eigenvalue weighted by Gasteiger charge is -2.32. The number of nitrogens with zero attached hydrogens (tertiary/aromatic N) is 2. The summed E-state index contributed by atoms with van der Waals surface area (Å²) < 4.78 is 31.6. The van der Waals surface area contributed by atoms with Crippen LogP contribution in [0.15, 0.2) is 36.4 Å². The Balaban J connectivity index is 1.67. The topological polar surface area (TPSA) is 102 Å². The number of hydrogen-bond acceptors (Lipinski definition) is 6. The van der Waals surface area contributed by atoms with E-state index in [2.05, 4.69) is 12.2 Å². The van der Waals surface area contributed by atoms with Crippen LogP contribution in [0.1, 0.15) is 30.1 Å². The quantitative estimate of drug-likeness (QED) is 0.421. The molecule has 1 aliphatic heterocycles. The molecular weight excluding hydrogens is 412 g/mol. The van der Waals surface area contributed by atoms with Crippen LogP contribution in [-0.2, 0) is 9.53 Å². The predicted octanol–water partition coefficient (Wildman–Crippen LogP) is 3.90. The maximum atomic E-state index is 13.6. The van der Waals surface area contributed by atoms with Gasteiger partial charge in [-0.2, -0.15) is 0 Å². The maximum Gasteiger partial charge on any atom is 0.338 e. The molecule has 8 nitrogen and oxygen atoms in total. The molecule has 1 atom stereocenters. The number of carbonyl (C=O) groups excluding carboxylic acids is 2. The number of esters is 1. The first kappa shape index (κ1) is 22.1. The SMILES string of the molecule is CC1CCCN(c2ccc(C(=O)OCC(=O)Nc3cc(F)ccc3F)cc2[N+](=O)[O-])C1. The van der Waals surface area contributed by atoms with Crippen LogP contribution in [0.4, 0.5) is 25.8 Å². The van der Waals surface area contributed by atoms with E-state index in [-0.39, 0.29) is 11.3 Å². The Labute approximate surface area is 176 Å². The first-order valence-corrected chi connectivity index (χ1v) is 9.70. The van der Waals surface area contributed by atoms with Gasteiger partial charge in [0.25, 0.3) is 11.6 Å². The Morgan fingerprint density at radius 3 is 2.74 bits per heavy atom. The van der Waals surface area contributed by atoms with Crippen molar-refractivity contribution in [3.8, 4) is 0 Å². The zero-order valence-corrected chi connectivity index (χ0v) is 16.8. The number of amides is 1. The average molecular weight is 433 g/mol. The zero-order chi connectivity index (χ0) is 22.5. The number of ether oxygens (including phenoxy) is 1. The van der Waals surface area contributed by atoms with Crippen molar-refractivity contribution in [2.24, 2.45) is 5.92 Å². The molecular formula is C21H21F2N3O5. The van der Waals surface area contributed by atoms with E-state index in [9.17, 15) is 28.5 Å². The minimum Gasteiger partial charge on any atom is -0.452 e. The Morgan fingerprint density at radius 2 is 2.03 bits per heavy atom. The van der Waals surface area contributed by atoms with Gasteiger partial charge in [0.05, 0.1) is 16.2 Å². The molecule has 0 saturated carbocycles. The van der Waals surface area contributed by atoms with Crippen LogP contribution in [-0.4, -0.2) is 36.5 Å². The minimum absolute atomic E-state index is 0.0924. The molecule has 0 radical (unpaired) electrons. The lowest BCUT2D eigenvalue weighted by atomic mass is 9.99. The van der Waals surface area contributed by atoms with Crippen LogP contribution in [0.3, 0.4) is 0 Å². The fraction of sp³-hybridized carbons (Fsp3) is 0.333. The summed E-state index contributed by atoms with van der Waals surface area (Å²) in [6.07, 6.45) is 1.97. The highest BCUT2D eigenvalue weighted by Gasteiger charge is 2.25. The summed E-state index contributed by atoms with van der Waals surface area (Å²) in [5.74, 6) is -3.02. The van der Waals surface area contributed by atoms with Gasteiger partial charge < -0.3 is 15.0 Å². The van der Waals surface area contributed by atoms with Crippen LogP contribution in [0.2, 0.25) is 0 Å². The summed E-state index contributed by atoms with van der Waals surface area (Å²) in [5.41, 5.74) is -0.288. The molecule has 1 amide bonds. The van der Waals surface area contributed by atoms with Gasteiger partial charge in [-0.25, -0.2) is 13.6 Å². The second-order valence-corrected chi connectivity index (χ2v) is 7.40. The molecule has 1 aliphatic rings. The summed E-state index contributed by atoms with van der Waals surface area (Å²) in [4.78, 5) is 37.1. The average Bonchev–Trinajstić information content (AvgIpc) is 2.74. The van der Waals surface area contributed by atoms with E-state index >= 15 is 0 Å². The maximum absolute atomic E-state index is 13.6. The van der Waals surface area contributed by atoms with Gasteiger partial charge in [0, 0.05) is 25.2 Å². The second-order valence-electron chi connectivity index (χ2n) is 7.40. The van der Waals surface area contributed by atoms with E-state index in [1.165, 1.54) is 12.1 Å². The monoisotopic (exact) mass is 433 g/mol. The largest absolute Gasteiger partial charge is 0.452 e. The Morgan fingerprint density at radius 1 is 1.26 bits per heavy atom. The highest BCUT2D eigenvalue weighted by Crippen LogP contribution is 2.32. The highest BCUT2D eigenvalue weighted by atomic mass is 19.1. The fourth-order valence-electron chi connectivity index (χ4n) is 3.47. The van der Waals surface area contributed by atoms with Crippen LogP contribution in [0.5, 0.6) is 0 Å². The van der Waals surface area contributed by atoms with E-state index in [1.54, 1.807) is 0 Å². The molecule has 2 aromatic rings. The number of nitro groups is 1. The summed E-state index contributed by atoms with van der Waals surface area (Å²) >= 11 is 0. The molecule has 1 unspecified atom stereocenters. The van der Waals surface area contributed by atoms with Crippen molar-refractivity contribution in [3.63, 3.8) is 0 Å². The standard InChI is InChI=1S/C21H21F2N3O5/c1-13-3-2-8-25(11-13)18-7-4-14(9-19(18)26(29)30)21(28)31-12-20(27)24-17-10-15(22)5-6-16(17)23/h4-7,9-10,13H,2-3,8,11-12H2,1H3,(H,24,27). The number of halogens is 2. The van der Waals surface area contributed by atoms with Crippen molar-refractivity contribution in [2.45, 2.75) is 19.8 Å². The van der Waals surface area contributed by atoms with Crippen molar-refractivity contribution in [1.29, 1.82) is 0 Å². The Hall–Kier alpha value is -3.56. The van der Waals surface area contributed by atoms with Gasteiger partial charge in [-0.15, -0.1) is 0 Å². The van der Waals surface area contributed by atoms with Gasteiger partial charge in [0.1, 0.15) is 17.3 Å². The molecule has 10 heteroatoms. The molecule has 0 aromatic heterocycles. The number of hydrogen-bond donors (Lipinski definition) is 1. The fourth-order valence-corrected chi connectivity index (χ4v) is 3.47. The number of nitrogens with one attached hydrogen (secondary N) is 1. The number of benzene rings is 2. The minimum atomic E-state index is -0.948. The van der Waals surface area contributed by atoms with Crippen molar-refractivity contribution in [3.05, 3.63) is 63.7 Å². The van der Waals surface area contributed by atoms with Gasteiger partial charge in [-0.3, -0.25) is 14.9 Å². The first-order chi connectivity index (χ1) is 14.7. The van der Waals surface area contributed by atoms with E-state index < -0.39 is 40.7 Å². The summed E-state index contributed by atoms with van der Waals surface area (Å²) in [5, 5.41) is 13.6. The van der Waals surface area contributed by atoms with E-state index in [0.29, 0.717) is 24.7 Å². The Bertz CT molecular complexity index is 1010. The van der Waals surface area contributed by atoms with Crippen molar-refractivity contribution >= 4 is 28.9 Å². The third kappa shape index (κ3) is 5.53. The van der Waals surface area contributed by atoms with Crippen LogP contribution in [0.25, 0.3) is 0 Å². The van der Waals surface area contributed by atoms with Gasteiger partial charge >= 0.3 is 5.97 Å². The van der Waals surface area contributed by atoms with Crippen LogP contribution >= 0.6 is 0 Å². The molecule has 0 bridgehead atoms. The molecule has 0 spiro atoms. The van der Waals surface area contributed by atoms with Crippen molar-refractivity contribution < 1.29 is 28.0 Å². The number of rotatable bonds is 6. The molecule has 31 heavy (non-hydrogen) atoms. The number of carbonyl (C=O) groups is 2. The lowest BCUT2D eigenvalue weighted by molar-refractivity contribution is -0.384. The summed E-state index contributed by atoms with van der Waals surface area (Å²) in [7, 11) is 0. The molecule has 1 fully saturated rings. The smallest absolute Gasteiger partial charge is 0.338 e. The van der Waals surface area contributed by atoms with E-state index in [0.717, 1.165) is 37.1 Å². The summed E-state index contributed by atoms with van der Waals surface area (Å²) in [6, 6.07) is 6.54. The van der Waals surface area contributed by atoms with Gasteiger partial charge in [0.15, 0.2) is 6.61 Å². The van der Waals surface area contributed by atoms with Gasteiger partial charge in [-0.1, -0.05) is 6.92 Å². The highest BCUT2D eigenvalue weighted by molar-refractivity contribution is 5.96. The Kier molecular flexibility index (Phi) is 6.78. The molecule has 1 heterocycles. The number of anilines is 2. The molecule has 164 valence electrons. The van der Waals surface area contributed by atoms with Crippen molar-refractivity contribution in [2.75, 3.05) is 29.9 Å². The third-order valence-electron chi connectivity index (χ3n) is 4.94. The van der Waals surface area contributed by atoms with E-state index in [4.69, 9.17) is 4.74 Å². The molecule has 1 saturated heterocycles. The van der Waals surface area contributed by atoms with Crippen LogP contribution < -0.4 is 10.2 Å². The van der Waals surface area contributed by atoms with Crippen molar-refractivity contribution in [1.82, 2.24) is 0 Å². The normalized spacial score (nSPS) is 16.0. The number of nitro benzene ring substituents is 1. The predicted molar refractivity (Wildman–Crippen MR) is 109 cm³/mol. The second kappa shape index (κ2) is 9.50. The van der Waals surface area contributed by atoms with Gasteiger partial charge in [0.2, 0.25) is 0 Å². The van der Waals surface area contributed by atoms with Crippen LogP contribution in [0, 0.1) is 27.7 Å². The zero-order valence-electron chi connectivity index (χ0n) is 16.8. The number of piperidine rings is 1. The molecule has 3 rings (SSSR count).